The smallest absolute Gasteiger partial charge is 0.329 e. The van der Waals surface area contributed by atoms with Gasteiger partial charge < -0.3 is 10.4 Å². The van der Waals surface area contributed by atoms with Crippen LogP contribution in [0, 0.1) is 0 Å². The van der Waals surface area contributed by atoms with Gasteiger partial charge in [0.2, 0.25) is 5.91 Å². The van der Waals surface area contributed by atoms with Gasteiger partial charge in [-0.2, -0.15) is 11.8 Å². The van der Waals surface area contributed by atoms with E-state index in [9.17, 15) is 14.7 Å². The summed E-state index contributed by atoms with van der Waals surface area (Å²) in [4.78, 5) is 23.6. The number of thioether (sulfide) groups is 1. The number of nitrogens with one attached hydrogen (secondary N) is 1. The van der Waals surface area contributed by atoms with Gasteiger partial charge >= 0.3 is 5.97 Å². The molecule has 6 heteroatoms. The first-order valence-electron chi connectivity index (χ1n) is 6.38. The Morgan fingerprint density at radius 1 is 1.35 bits per heavy atom. The van der Waals surface area contributed by atoms with Crippen LogP contribution in [0.5, 0.6) is 0 Å². The van der Waals surface area contributed by atoms with Gasteiger partial charge in [0.1, 0.15) is 5.54 Å². The van der Waals surface area contributed by atoms with Crippen LogP contribution in [0.25, 0.3) is 0 Å². The number of rotatable bonds is 4. The molecule has 2 N–H and O–H groups in total. The second-order valence-corrected chi connectivity index (χ2v) is 6.99. The average Bonchev–Trinajstić information content (AvgIpc) is 2.39. The number of amides is 1. The summed E-state index contributed by atoms with van der Waals surface area (Å²) in [6, 6.07) is 7.47. The molecule has 0 radical (unpaired) electrons. The third kappa shape index (κ3) is 3.76. The SMILES string of the molecule is O=C(Cc1cccc(Br)c1)NC1(C(=O)O)CCSCC1. The minimum atomic E-state index is -1.09. The summed E-state index contributed by atoms with van der Waals surface area (Å²) < 4.78 is 0.907. The number of carboxylic acid groups (broad SMARTS) is 1. The van der Waals surface area contributed by atoms with E-state index in [0.29, 0.717) is 12.8 Å². The van der Waals surface area contributed by atoms with Crippen LogP contribution in [0.3, 0.4) is 0 Å². The molecular formula is C14H16BrNO3S. The summed E-state index contributed by atoms with van der Waals surface area (Å²) in [6.45, 7) is 0. The molecule has 0 aromatic heterocycles. The maximum absolute atomic E-state index is 12.1. The standard InChI is InChI=1S/C14H16BrNO3S/c15-11-3-1-2-10(8-11)9-12(17)16-14(13(18)19)4-6-20-7-5-14/h1-3,8H,4-7,9H2,(H,16,17)(H,18,19). The lowest BCUT2D eigenvalue weighted by Gasteiger charge is -2.33. The van der Waals surface area contributed by atoms with Gasteiger partial charge in [-0.3, -0.25) is 4.79 Å². The van der Waals surface area contributed by atoms with E-state index in [1.807, 2.05) is 24.3 Å². The number of hydrogen-bond donors (Lipinski definition) is 2. The molecule has 1 fully saturated rings. The molecule has 1 amide bonds. The quantitative estimate of drug-likeness (QED) is 0.868. The maximum Gasteiger partial charge on any atom is 0.329 e. The molecule has 1 heterocycles. The molecule has 20 heavy (non-hydrogen) atoms. The van der Waals surface area contributed by atoms with Crippen LogP contribution in [0.4, 0.5) is 0 Å². The molecule has 0 atom stereocenters. The van der Waals surface area contributed by atoms with Gasteiger partial charge in [-0.25, -0.2) is 4.79 Å². The number of carbonyl (C=O) groups excluding carboxylic acids is 1. The predicted molar refractivity (Wildman–Crippen MR) is 82.9 cm³/mol. The fraction of sp³-hybridized carbons (Fsp3) is 0.429. The van der Waals surface area contributed by atoms with Crippen molar-refractivity contribution < 1.29 is 14.7 Å². The molecule has 1 aromatic carbocycles. The summed E-state index contributed by atoms with van der Waals surface area (Å²) in [6.07, 6.45) is 1.16. The van der Waals surface area contributed by atoms with Crippen LogP contribution in [0.15, 0.2) is 28.7 Å². The summed E-state index contributed by atoms with van der Waals surface area (Å²) in [5.74, 6) is 0.366. The number of benzene rings is 1. The monoisotopic (exact) mass is 357 g/mol. The second kappa shape index (κ2) is 6.63. The molecule has 1 aromatic rings. The van der Waals surface area contributed by atoms with Gasteiger partial charge in [-0.05, 0) is 42.0 Å². The number of carbonyl (C=O) groups is 2. The number of hydrogen-bond acceptors (Lipinski definition) is 3. The topological polar surface area (TPSA) is 66.4 Å². The Balaban J connectivity index is 2.03. The molecule has 108 valence electrons. The van der Waals surface area contributed by atoms with E-state index in [2.05, 4.69) is 21.2 Å². The normalized spacial score (nSPS) is 17.4. The Morgan fingerprint density at radius 2 is 2.05 bits per heavy atom. The summed E-state index contributed by atoms with van der Waals surface area (Å²) in [5.41, 5.74) is -0.225. The van der Waals surface area contributed by atoms with Gasteiger partial charge in [0.15, 0.2) is 0 Å². The van der Waals surface area contributed by atoms with Crippen molar-refractivity contribution >= 4 is 39.6 Å². The molecule has 0 unspecified atom stereocenters. The lowest BCUT2D eigenvalue weighted by Crippen LogP contribution is -2.56. The first-order valence-corrected chi connectivity index (χ1v) is 8.33. The van der Waals surface area contributed by atoms with Crippen molar-refractivity contribution in [2.45, 2.75) is 24.8 Å². The minimum Gasteiger partial charge on any atom is -0.480 e. The van der Waals surface area contributed by atoms with E-state index in [1.165, 1.54) is 0 Å². The molecule has 4 nitrogen and oxygen atoms in total. The lowest BCUT2D eigenvalue weighted by atomic mass is 9.92. The van der Waals surface area contributed by atoms with Crippen LogP contribution in [-0.2, 0) is 16.0 Å². The maximum atomic E-state index is 12.1. The molecule has 0 saturated carbocycles. The molecule has 0 spiro atoms. The number of aliphatic carboxylic acids is 1. The third-order valence-corrected chi connectivity index (χ3v) is 4.87. The van der Waals surface area contributed by atoms with Crippen molar-refractivity contribution in [3.63, 3.8) is 0 Å². The van der Waals surface area contributed by atoms with Gasteiger partial charge in [0.25, 0.3) is 0 Å². The fourth-order valence-corrected chi connectivity index (χ4v) is 3.89. The van der Waals surface area contributed by atoms with E-state index in [1.54, 1.807) is 11.8 Å². The molecule has 1 aliphatic heterocycles. The van der Waals surface area contributed by atoms with E-state index >= 15 is 0 Å². The number of carboxylic acids is 1. The molecule has 1 saturated heterocycles. The highest BCUT2D eigenvalue weighted by Gasteiger charge is 2.41. The first kappa shape index (κ1) is 15.4. The van der Waals surface area contributed by atoms with Gasteiger partial charge in [0.05, 0.1) is 6.42 Å². The molecular weight excluding hydrogens is 342 g/mol. The van der Waals surface area contributed by atoms with Crippen molar-refractivity contribution in [1.29, 1.82) is 0 Å². The van der Waals surface area contributed by atoms with E-state index < -0.39 is 11.5 Å². The van der Waals surface area contributed by atoms with Crippen LogP contribution in [-0.4, -0.2) is 34.0 Å². The zero-order valence-corrected chi connectivity index (χ0v) is 13.3. The predicted octanol–water partition coefficient (Wildman–Crippen LogP) is 2.46. The zero-order chi connectivity index (χ0) is 14.6. The largest absolute Gasteiger partial charge is 0.480 e. The summed E-state index contributed by atoms with van der Waals surface area (Å²) >= 11 is 5.08. The van der Waals surface area contributed by atoms with Crippen LogP contribution in [0.1, 0.15) is 18.4 Å². The van der Waals surface area contributed by atoms with Crippen LogP contribution >= 0.6 is 27.7 Å². The first-order chi connectivity index (χ1) is 9.52. The van der Waals surface area contributed by atoms with Crippen molar-refractivity contribution in [3.8, 4) is 0 Å². The summed E-state index contributed by atoms with van der Waals surface area (Å²) in [7, 11) is 0. The van der Waals surface area contributed by atoms with Crippen molar-refractivity contribution in [3.05, 3.63) is 34.3 Å². The highest BCUT2D eigenvalue weighted by molar-refractivity contribution is 9.10. The molecule has 1 aliphatic rings. The second-order valence-electron chi connectivity index (χ2n) is 4.85. The highest BCUT2D eigenvalue weighted by atomic mass is 79.9. The minimum absolute atomic E-state index is 0.196. The Hall–Kier alpha value is -1.01. The van der Waals surface area contributed by atoms with Crippen molar-refractivity contribution in [2.75, 3.05) is 11.5 Å². The van der Waals surface area contributed by atoms with Gasteiger partial charge in [-0.15, -0.1) is 0 Å². The van der Waals surface area contributed by atoms with Gasteiger partial charge in [-0.1, -0.05) is 28.1 Å². The fourth-order valence-electron chi connectivity index (χ4n) is 2.26. The van der Waals surface area contributed by atoms with E-state index in [-0.39, 0.29) is 12.3 Å². The van der Waals surface area contributed by atoms with E-state index in [0.717, 1.165) is 21.5 Å². The van der Waals surface area contributed by atoms with E-state index in [4.69, 9.17) is 0 Å². The van der Waals surface area contributed by atoms with Crippen molar-refractivity contribution in [1.82, 2.24) is 5.32 Å². The zero-order valence-electron chi connectivity index (χ0n) is 10.9. The summed E-state index contributed by atoms with van der Waals surface area (Å²) in [5, 5.41) is 12.1. The molecule has 2 rings (SSSR count). The Labute approximate surface area is 130 Å². The highest BCUT2D eigenvalue weighted by Crippen LogP contribution is 2.27. The van der Waals surface area contributed by atoms with Crippen LogP contribution < -0.4 is 5.32 Å². The Morgan fingerprint density at radius 3 is 2.65 bits per heavy atom. The Bertz CT molecular complexity index is 515. The average molecular weight is 358 g/mol. The van der Waals surface area contributed by atoms with Crippen molar-refractivity contribution in [2.24, 2.45) is 0 Å². The van der Waals surface area contributed by atoms with Gasteiger partial charge in [0, 0.05) is 4.47 Å². The lowest BCUT2D eigenvalue weighted by molar-refractivity contribution is -0.148. The van der Waals surface area contributed by atoms with Crippen LogP contribution in [0.2, 0.25) is 0 Å². The number of halogens is 1. The molecule has 0 bridgehead atoms. The third-order valence-electron chi connectivity index (χ3n) is 3.39. The Kier molecular flexibility index (Phi) is 5.10. The molecule has 0 aliphatic carbocycles.